The van der Waals surface area contributed by atoms with Crippen molar-refractivity contribution in [2.75, 3.05) is 6.61 Å². The Morgan fingerprint density at radius 3 is 2.30 bits per heavy atom. The Kier molecular flexibility index (Phi) is 15.2. The molecule has 1 aliphatic rings. The van der Waals surface area contributed by atoms with Gasteiger partial charge in [-0.05, 0) is 44.6 Å². The van der Waals surface area contributed by atoms with Crippen LogP contribution in [0.15, 0.2) is 23.5 Å². The molecule has 0 aromatic heterocycles. The van der Waals surface area contributed by atoms with Crippen LogP contribution in [0.4, 0.5) is 0 Å². The minimum Gasteiger partial charge on any atom is -0.466 e. The molecule has 1 aliphatic carbocycles. The molecule has 6 heteroatoms. The van der Waals surface area contributed by atoms with Gasteiger partial charge in [-0.3, -0.25) is 14.4 Å². The molecule has 1 fully saturated rings. The SMILES string of the molecule is CCCCCC(=CC=C1CC[C@@H](OC(C)=O)[C@@H]1CCCCCCC(=O)OCCC)OC(C)=O. The topological polar surface area (TPSA) is 78.9 Å². The highest BCUT2D eigenvalue weighted by atomic mass is 16.5. The van der Waals surface area contributed by atoms with Gasteiger partial charge in [0.2, 0.25) is 0 Å². The molecule has 0 saturated heterocycles. The molecule has 0 aliphatic heterocycles. The number of hydrogen-bond donors (Lipinski definition) is 0. The van der Waals surface area contributed by atoms with Gasteiger partial charge in [0.05, 0.1) is 6.61 Å². The van der Waals surface area contributed by atoms with Crippen LogP contribution in [-0.4, -0.2) is 30.6 Å². The van der Waals surface area contributed by atoms with E-state index in [0.29, 0.717) is 18.8 Å². The monoisotopic (exact) mass is 464 g/mol. The number of allylic oxidation sites excluding steroid dienone is 3. The van der Waals surface area contributed by atoms with E-state index >= 15 is 0 Å². The third-order valence-corrected chi connectivity index (χ3v) is 5.86. The quantitative estimate of drug-likeness (QED) is 0.111. The highest BCUT2D eigenvalue weighted by Gasteiger charge is 2.33. The fourth-order valence-corrected chi connectivity index (χ4v) is 4.24. The predicted molar refractivity (Wildman–Crippen MR) is 129 cm³/mol. The summed E-state index contributed by atoms with van der Waals surface area (Å²) in [6.07, 6.45) is 15.7. The van der Waals surface area contributed by atoms with Crippen molar-refractivity contribution in [3.8, 4) is 0 Å². The van der Waals surface area contributed by atoms with E-state index in [9.17, 15) is 14.4 Å². The smallest absolute Gasteiger partial charge is 0.307 e. The molecule has 188 valence electrons. The van der Waals surface area contributed by atoms with Crippen molar-refractivity contribution in [3.05, 3.63) is 23.5 Å². The minimum absolute atomic E-state index is 0.0940. The summed E-state index contributed by atoms with van der Waals surface area (Å²) in [5.41, 5.74) is 1.25. The molecule has 0 bridgehead atoms. The lowest BCUT2D eigenvalue weighted by Gasteiger charge is -2.20. The third-order valence-electron chi connectivity index (χ3n) is 5.86. The van der Waals surface area contributed by atoms with Gasteiger partial charge in [0.1, 0.15) is 11.9 Å². The lowest BCUT2D eigenvalue weighted by atomic mass is 9.93. The van der Waals surface area contributed by atoms with Gasteiger partial charge in [0, 0.05) is 32.6 Å². The van der Waals surface area contributed by atoms with Gasteiger partial charge >= 0.3 is 17.9 Å². The number of rotatable bonds is 16. The zero-order chi connectivity index (χ0) is 24.5. The number of carbonyl (C=O) groups excluding carboxylic acids is 3. The fourth-order valence-electron chi connectivity index (χ4n) is 4.24. The average Bonchev–Trinajstić information content (AvgIpc) is 3.13. The number of carbonyl (C=O) groups is 3. The van der Waals surface area contributed by atoms with E-state index in [-0.39, 0.29) is 29.9 Å². The van der Waals surface area contributed by atoms with E-state index in [2.05, 4.69) is 13.0 Å². The molecule has 1 saturated carbocycles. The van der Waals surface area contributed by atoms with E-state index in [1.165, 1.54) is 19.4 Å². The molecule has 33 heavy (non-hydrogen) atoms. The van der Waals surface area contributed by atoms with E-state index < -0.39 is 0 Å². The van der Waals surface area contributed by atoms with Crippen molar-refractivity contribution in [2.24, 2.45) is 5.92 Å². The molecule has 0 spiro atoms. The Balaban J connectivity index is 2.66. The summed E-state index contributed by atoms with van der Waals surface area (Å²) in [6, 6.07) is 0. The van der Waals surface area contributed by atoms with Crippen LogP contribution in [0, 0.1) is 5.92 Å². The number of unbranched alkanes of at least 4 members (excludes halogenated alkanes) is 5. The van der Waals surface area contributed by atoms with Crippen molar-refractivity contribution < 1.29 is 28.6 Å². The average molecular weight is 465 g/mol. The molecule has 0 amide bonds. The predicted octanol–water partition coefficient (Wildman–Crippen LogP) is 6.58. The van der Waals surface area contributed by atoms with Crippen LogP contribution in [-0.2, 0) is 28.6 Å². The van der Waals surface area contributed by atoms with Gasteiger partial charge in [-0.25, -0.2) is 0 Å². The van der Waals surface area contributed by atoms with Crippen LogP contribution in [0.1, 0.15) is 111 Å². The summed E-state index contributed by atoms with van der Waals surface area (Å²) < 4.78 is 16.1. The lowest BCUT2D eigenvalue weighted by molar-refractivity contribution is -0.148. The molecule has 6 nitrogen and oxygen atoms in total. The number of hydrogen-bond acceptors (Lipinski definition) is 6. The van der Waals surface area contributed by atoms with Crippen LogP contribution in [0.2, 0.25) is 0 Å². The van der Waals surface area contributed by atoms with Crippen molar-refractivity contribution in [2.45, 2.75) is 117 Å². The second-order valence-electron chi connectivity index (χ2n) is 8.89. The second kappa shape index (κ2) is 17.4. The van der Waals surface area contributed by atoms with Crippen LogP contribution in [0.25, 0.3) is 0 Å². The molecule has 2 atom stereocenters. The van der Waals surface area contributed by atoms with Crippen molar-refractivity contribution in [1.29, 1.82) is 0 Å². The van der Waals surface area contributed by atoms with Gasteiger partial charge in [0.25, 0.3) is 0 Å². The summed E-state index contributed by atoms with van der Waals surface area (Å²) in [5, 5.41) is 0. The molecule has 0 heterocycles. The maximum atomic E-state index is 11.6. The van der Waals surface area contributed by atoms with Crippen molar-refractivity contribution in [3.63, 3.8) is 0 Å². The molecule has 0 radical (unpaired) electrons. The normalized spacial score (nSPS) is 19.5. The Morgan fingerprint density at radius 2 is 1.64 bits per heavy atom. The largest absolute Gasteiger partial charge is 0.466 e. The zero-order valence-electron chi connectivity index (χ0n) is 21.2. The Hall–Kier alpha value is -2.11. The lowest BCUT2D eigenvalue weighted by Crippen LogP contribution is -2.21. The summed E-state index contributed by atoms with van der Waals surface area (Å²) in [4.78, 5) is 34.7. The summed E-state index contributed by atoms with van der Waals surface area (Å²) in [7, 11) is 0. The molecular formula is C27H44O6. The number of esters is 3. The van der Waals surface area contributed by atoms with E-state index in [0.717, 1.165) is 77.0 Å². The molecule has 0 aromatic carbocycles. The summed E-state index contributed by atoms with van der Waals surface area (Å²) >= 11 is 0. The first-order valence-electron chi connectivity index (χ1n) is 12.8. The minimum atomic E-state index is -0.296. The van der Waals surface area contributed by atoms with Crippen molar-refractivity contribution in [1.82, 2.24) is 0 Å². The highest BCUT2D eigenvalue weighted by molar-refractivity contribution is 5.69. The van der Waals surface area contributed by atoms with Gasteiger partial charge in [0.15, 0.2) is 0 Å². The molecule has 1 rings (SSSR count). The first-order chi connectivity index (χ1) is 15.9. The first-order valence-corrected chi connectivity index (χ1v) is 12.8. The van der Waals surface area contributed by atoms with Gasteiger partial charge < -0.3 is 14.2 Å². The van der Waals surface area contributed by atoms with Crippen molar-refractivity contribution >= 4 is 17.9 Å². The third kappa shape index (κ3) is 13.2. The highest BCUT2D eigenvalue weighted by Crippen LogP contribution is 2.37. The maximum Gasteiger partial charge on any atom is 0.307 e. The van der Waals surface area contributed by atoms with E-state index in [4.69, 9.17) is 14.2 Å². The second-order valence-corrected chi connectivity index (χ2v) is 8.89. The molecule has 0 unspecified atom stereocenters. The summed E-state index contributed by atoms with van der Waals surface area (Å²) in [5.74, 6) is 0.243. The van der Waals surface area contributed by atoms with E-state index in [1.807, 2.05) is 13.0 Å². The molecule has 0 N–H and O–H groups in total. The fraction of sp³-hybridized carbons (Fsp3) is 0.741. The standard InChI is InChI=1S/C27H44O6/c1-5-7-10-13-24(32-21(3)28)18-16-23-17-19-26(33-22(4)29)25(23)14-11-8-9-12-15-27(30)31-20-6-2/h16,18,25-26H,5-15,17,19-20H2,1-4H3/t25-,26-/m1/s1. The van der Waals surface area contributed by atoms with Gasteiger partial charge in [-0.1, -0.05) is 57.6 Å². The molecule has 0 aromatic rings. The Labute approximate surface area is 200 Å². The Bertz CT molecular complexity index is 664. The van der Waals surface area contributed by atoms with Crippen LogP contribution in [0.3, 0.4) is 0 Å². The maximum absolute atomic E-state index is 11.6. The zero-order valence-corrected chi connectivity index (χ0v) is 21.2. The van der Waals surface area contributed by atoms with E-state index in [1.54, 1.807) is 0 Å². The molecular weight excluding hydrogens is 420 g/mol. The first kappa shape index (κ1) is 28.9. The number of ether oxygens (including phenoxy) is 3. The van der Waals surface area contributed by atoms with Gasteiger partial charge in [-0.2, -0.15) is 0 Å². The van der Waals surface area contributed by atoms with Crippen LogP contribution >= 0.6 is 0 Å². The van der Waals surface area contributed by atoms with Crippen LogP contribution in [0.5, 0.6) is 0 Å². The van der Waals surface area contributed by atoms with Crippen LogP contribution < -0.4 is 0 Å². The summed E-state index contributed by atoms with van der Waals surface area (Å²) in [6.45, 7) is 7.52. The van der Waals surface area contributed by atoms with Gasteiger partial charge in [-0.15, -0.1) is 0 Å². The Morgan fingerprint density at radius 1 is 0.909 bits per heavy atom.